The van der Waals surface area contributed by atoms with Gasteiger partial charge in [0.15, 0.2) is 5.65 Å². The van der Waals surface area contributed by atoms with Crippen molar-refractivity contribution in [2.45, 2.75) is 76.7 Å². The summed E-state index contributed by atoms with van der Waals surface area (Å²) in [6.45, 7) is 5.98. The molecule has 36 heavy (non-hydrogen) atoms. The van der Waals surface area contributed by atoms with Crippen LogP contribution in [0, 0.1) is 0 Å². The number of aromatic nitrogens is 5. The molecule has 2 aliphatic rings. The Balaban J connectivity index is 1.30. The SMILES string of the molecule is CC(C)(C)NC(=O)Cn1cc2c(Cl)c(-c3c[nH]c4nc(N5C6CCC5CC(N)C6)cnc34)ccc2n1. The number of hydrogen-bond donors (Lipinski definition) is 3. The van der Waals surface area contributed by atoms with Crippen molar-refractivity contribution in [1.82, 2.24) is 30.0 Å². The molecule has 2 atom stereocenters. The maximum Gasteiger partial charge on any atom is 0.242 e. The molecule has 2 saturated heterocycles. The van der Waals surface area contributed by atoms with Crippen LogP contribution in [0.3, 0.4) is 0 Å². The second-order valence-corrected chi connectivity index (χ2v) is 11.5. The number of H-pyrrole nitrogens is 1. The van der Waals surface area contributed by atoms with Crippen LogP contribution in [-0.4, -0.2) is 54.3 Å². The minimum Gasteiger partial charge on any atom is -0.350 e. The van der Waals surface area contributed by atoms with Crippen molar-refractivity contribution < 1.29 is 4.79 Å². The normalized spacial score (nSPS) is 22.0. The first kappa shape index (κ1) is 23.2. The Morgan fingerprint density at radius 3 is 2.69 bits per heavy atom. The maximum atomic E-state index is 12.4. The van der Waals surface area contributed by atoms with Crippen molar-refractivity contribution in [3.05, 3.63) is 35.7 Å². The second kappa shape index (κ2) is 8.45. The van der Waals surface area contributed by atoms with Gasteiger partial charge in [-0.05, 0) is 52.5 Å². The molecule has 6 rings (SSSR count). The van der Waals surface area contributed by atoms with Gasteiger partial charge in [-0.2, -0.15) is 5.10 Å². The smallest absolute Gasteiger partial charge is 0.242 e. The molecule has 2 fully saturated rings. The summed E-state index contributed by atoms with van der Waals surface area (Å²) in [5.41, 5.74) is 9.93. The first-order valence-electron chi connectivity index (χ1n) is 12.5. The summed E-state index contributed by atoms with van der Waals surface area (Å²) in [6.07, 6.45) is 9.94. The molecule has 3 aromatic heterocycles. The highest BCUT2D eigenvalue weighted by molar-refractivity contribution is 6.38. The lowest BCUT2D eigenvalue weighted by Crippen LogP contribution is -2.47. The summed E-state index contributed by atoms with van der Waals surface area (Å²) >= 11 is 6.87. The van der Waals surface area contributed by atoms with Crippen molar-refractivity contribution >= 4 is 45.4 Å². The number of nitrogens with two attached hydrogens (primary N) is 1. The zero-order valence-corrected chi connectivity index (χ0v) is 21.5. The molecule has 0 aliphatic carbocycles. The minimum atomic E-state index is -0.300. The van der Waals surface area contributed by atoms with Crippen molar-refractivity contribution in [2.24, 2.45) is 5.73 Å². The minimum absolute atomic E-state index is 0.0986. The highest BCUT2D eigenvalue weighted by Crippen LogP contribution is 2.40. The van der Waals surface area contributed by atoms with Gasteiger partial charge in [-0.1, -0.05) is 17.7 Å². The summed E-state index contributed by atoms with van der Waals surface area (Å²) in [5, 5.41) is 8.86. The molecule has 2 unspecified atom stereocenters. The van der Waals surface area contributed by atoms with Gasteiger partial charge < -0.3 is 20.9 Å². The Kier molecular flexibility index (Phi) is 5.46. The van der Waals surface area contributed by atoms with Crippen LogP contribution in [0.25, 0.3) is 33.2 Å². The van der Waals surface area contributed by atoms with E-state index in [-0.39, 0.29) is 24.0 Å². The predicted octanol–water partition coefficient (Wildman–Crippen LogP) is 4.00. The van der Waals surface area contributed by atoms with E-state index in [0.29, 0.717) is 17.1 Å². The molecule has 0 radical (unpaired) electrons. The van der Waals surface area contributed by atoms with E-state index in [1.165, 1.54) is 0 Å². The van der Waals surface area contributed by atoms with Crippen molar-refractivity contribution in [1.29, 1.82) is 0 Å². The van der Waals surface area contributed by atoms with E-state index in [9.17, 15) is 4.79 Å². The number of halogens is 1. The van der Waals surface area contributed by atoms with E-state index in [4.69, 9.17) is 27.3 Å². The van der Waals surface area contributed by atoms with E-state index in [2.05, 4.69) is 20.3 Å². The van der Waals surface area contributed by atoms with Gasteiger partial charge >= 0.3 is 0 Å². The van der Waals surface area contributed by atoms with Gasteiger partial charge in [-0.3, -0.25) is 9.48 Å². The fraction of sp³-hybridized carbons (Fsp3) is 0.462. The van der Waals surface area contributed by atoms with E-state index < -0.39 is 0 Å². The van der Waals surface area contributed by atoms with Gasteiger partial charge in [0.05, 0.1) is 16.7 Å². The van der Waals surface area contributed by atoms with Crippen LogP contribution in [0.15, 0.2) is 30.7 Å². The number of aromatic amines is 1. The van der Waals surface area contributed by atoms with Gasteiger partial charge in [0.2, 0.25) is 5.91 Å². The molecule has 5 heterocycles. The predicted molar refractivity (Wildman–Crippen MR) is 142 cm³/mol. The topological polar surface area (TPSA) is 118 Å². The van der Waals surface area contributed by atoms with E-state index in [1.54, 1.807) is 4.68 Å². The molecule has 188 valence electrons. The largest absolute Gasteiger partial charge is 0.350 e. The standard InChI is InChI=1S/C26H31ClN8O/c1-26(2,3)32-22(36)13-34-12-19-20(33-34)7-6-17(23(19)27)18-10-30-25-24(18)29-11-21(31-25)35-15-4-5-16(35)9-14(28)8-15/h6-7,10-12,14-16H,4-5,8-9,13,28H2,1-3H3,(H,30,31)(H,32,36). The molecule has 2 bridgehead atoms. The zero-order chi connectivity index (χ0) is 25.2. The molecule has 1 amide bonds. The molecule has 9 nitrogen and oxygen atoms in total. The highest BCUT2D eigenvalue weighted by atomic mass is 35.5. The van der Waals surface area contributed by atoms with Crippen LogP contribution in [0.5, 0.6) is 0 Å². The molecule has 4 aromatic rings. The van der Waals surface area contributed by atoms with Crippen LogP contribution in [-0.2, 0) is 11.3 Å². The molecule has 1 aromatic carbocycles. The fourth-order valence-electron chi connectivity index (χ4n) is 5.81. The molecule has 10 heteroatoms. The van der Waals surface area contributed by atoms with Crippen LogP contribution in [0.2, 0.25) is 5.02 Å². The van der Waals surface area contributed by atoms with Gasteiger partial charge in [0.1, 0.15) is 17.9 Å². The molecule has 4 N–H and O–H groups in total. The fourth-order valence-corrected chi connectivity index (χ4v) is 6.12. The average Bonchev–Trinajstić information content (AvgIpc) is 3.47. The number of hydrogen-bond acceptors (Lipinski definition) is 6. The van der Waals surface area contributed by atoms with E-state index in [0.717, 1.165) is 64.7 Å². The first-order valence-corrected chi connectivity index (χ1v) is 12.9. The van der Waals surface area contributed by atoms with Gasteiger partial charge in [0.25, 0.3) is 0 Å². The lowest BCUT2D eigenvalue weighted by atomic mass is 9.98. The quantitative estimate of drug-likeness (QED) is 0.385. The van der Waals surface area contributed by atoms with Crippen LogP contribution < -0.4 is 16.0 Å². The zero-order valence-electron chi connectivity index (χ0n) is 20.8. The van der Waals surface area contributed by atoms with Crippen molar-refractivity contribution in [3.8, 4) is 11.1 Å². The Morgan fingerprint density at radius 1 is 1.22 bits per heavy atom. The molecule has 0 spiro atoms. The van der Waals surface area contributed by atoms with Crippen LogP contribution in [0.1, 0.15) is 46.5 Å². The number of amides is 1. The van der Waals surface area contributed by atoms with E-state index in [1.807, 2.05) is 51.5 Å². The Morgan fingerprint density at radius 2 is 1.97 bits per heavy atom. The number of benzene rings is 1. The summed E-state index contributed by atoms with van der Waals surface area (Å²) in [5.74, 6) is 0.810. The number of piperidine rings is 1. The summed E-state index contributed by atoms with van der Waals surface area (Å²) in [6, 6.07) is 5.03. The third kappa shape index (κ3) is 4.10. The number of carbonyl (C=O) groups excluding carboxylic acids is 1. The monoisotopic (exact) mass is 506 g/mol. The Hall–Kier alpha value is -3.17. The first-order chi connectivity index (χ1) is 17.2. The Labute approximate surface area is 214 Å². The lowest BCUT2D eigenvalue weighted by molar-refractivity contribution is -0.123. The number of nitrogens with zero attached hydrogens (tertiary/aromatic N) is 5. The van der Waals surface area contributed by atoms with Gasteiger partial charge in [-0.25, -0.2) is 9.97 Å². The van der Waals surface area contributed by atoms with Crippen LogP contribution >= 0.6 is 11.6 Å². The molecular weight excluding hydrogens is 476 g/mol. The number of carbonyl (C=O) groups is 1. The second-order valence-electron chi connectivity index (χ2n) is 11.1. The Bertz CT molecular complexity index is 1450. The lowest BCUT2D eigenvalue weighted by Gasteiger charge is -2.38. The number of fused-ring (bicyclic) bond motifs is 4. The molecular formula is C26H31ClN8O. The number of anilines is 1. The summed E-state index contributed by atoms with van der Waals surface area (Å²) < 4.78 is 1.63. The third-order valence-electron chi connectivity index (χ3n) is 7.18. The van der Waals surface area contributed by atoms with Gasteiger partial charge in [-0.15, -0.1) is 0 Å². The summed E-state index contributed by atoms with van der Waals surface area (Å²) in [4.78, 5) is 27.8. The highest BCUT2D eigenvalue weighted by Gasteiger charge is 2.40. The summed E-state index contributed by atoms with van der Waals surface area (Å²) in [7, 11) is 0. The number of nitrogens with one attached hydrogen (secondary N) is 2. The molecule has 2 aliphatic heterocycles. The van der Waals surface area contributed by atoms with E-state index >= 15 is 0 Å². The number of rotatable bonds is 4. The van der Waals surface area contributed by atoms with Crippen molar-refractivity contribution in [2.75, 3.05) is 4.90 Å². The molecule has 0 saturated carbocycles. The average molecular weight is 507 g/mol. The van der Waals surface area contributed by atoms with Crippen LogP contribution in [0.4, 0.5) is 5.82 Å². The van der Waals surface area contributed by atoms with Crippen molar-refractivity contribution in [3.63, 3.8) is 0 Å². The maximum absolute atomic E-state index is 12.4. The third-order valence-corrected chi connectivity index (χ3v) is 7.59. The van der Waals surface area contributed by atoms with Gasteiger partial charge in [0, 0.05) is 52.6 Å².